The average molecular weight is 376 g/mol. The third kappa shape index (κ3) is 3.49. The third-order valence-electron chi connectivity index (χ3n) is 6.02. The molecule has 0 radical (unpaired) electrons. The van der Waals surface area contributed by atoms with Crippen molar-refractivity contribution < 1.29 is 0 Å². The maximum absolute atomic E-state index is 4.20. The Kier molecular flexibility index (Phi) is 5.33. The van der Waals surface area contributed by atoms with Crippen LogP contribution < -0.4 is 15.4 Å². The Hall–Kier alpha value is -1.90. The van der Waals surface area contributed by atoms with Gasteiger partial charge in [0, 0.05) is 5.54 Å². The van der Waals surface area contributed by atoms with Gasteiger partial charge in [-0.3, -0.25) is 0 Å². The molecule has 1 aliphatic carbocycles. The van der Waals surface area contributed by atoms with Crippen LogP contribution in [0.5, 0.6) is 0 Å². The van der Waals surface area contributed by atoms with Crippen LogP contribution in [0.15, 0.2) is 82.6 Å². The van der Waals surface area contributed by atoms with Crippen molar-refractivity contribution in [2.45, 2.75) is 54.0 Å². The summed E-state index contributed by atoms with van der Waals surface area (Å²) >= 11 is 0. The predicted octanol–water partition coefficient (Wildman–Crippen LogP) is 4.98. The maximum Gasteiger partial charge on any atom is 0.219 e. The lowest BCUT2D eigenvalue weighted by Crippen LogP contribution is -2.74. The Bertz CT molecular complexity index is 830. The van der Waals surface area contributed by atoms with E-state index in [1.165, 1.54) is 27.1 Å². The topological polar surface area (TPSA) is 12.0 Å². The molecule has 1 unspecified atom stereocenters. The van der Waals surface area contributed by atoms with Gasteiger partial charge in [-0.05, 0) is 68.6 Å². The second-order valence-electron chi connectivity index (χ2n) is 8.93. The second-order valence-corrected chi connectivity index (χ2v) is 12.4. The Morgan fingerprint density at radius 1 is 0.741 bits per heavy atom. The second kappa shape index (κ2) is 7.25. The first kappa shape index (κ1) is 19.8. The number of hydrogen-bond donors (Lipinski definition) is 1. The molecule has 0 aromatic heterocycles. The van der Waals surface area contributed by atoms with E-state index >= 15 is 0 Å². The van der Waals surface area contributed by atoms with Gasteiger partial charge in [0.05, 0.1) is 0 Å². The van der Waals surface area contributed by atoms with Crippen LogP contribution in [-0.4, -0.2) is 13.8 Å². The molecule has 142 valence electrons. The van der Waals surface area contributed by atoms with Gasteiger partial charge in [0.2, 0.25) is 8.24 Å². The lowest BCUT2D eigenvalue weighted by molar-refractivity contribution is 0.516. The molecule has 27 heavy (non-hydrogen) atoms. The summed E-state index contributed by atoms with van der Waals surface area (Å²) in [6, 6.07) is 22.3. The summed E-state index contributed by atoms with van der Waals surface area (Å²) < 4.78 is 0. The fourth-order valence-electron chi connectivity index (χ4n) is 4.60. The zero-order valence-electron chi connectivity index (χ0n) is 17.9. The quantitative estimate of drug-likeness (QED) is 0.744. The summed E-state index contributed by atoms with van der Waals surface area (Å²) in [5.74, 6) is 0.465. The summed E-state index contributed by atoms with van der Waals surface area (Å²) in [4.78, 5) is 4.20. The lowest BCUT2D eigenvalue weighted by atomic mass is 10.1. The van der Waals surface area contributed by atoms with E-state index in [2.05, 4.69) is 114 Å². The van der Waals surface area contributed by atoms with Crippen LogP contribution in [0.3, 0.4) is 0 Å². The number of rotatable bonds is 4. The van der Waals surface area contributed by atoms with Crippen LogP contribution in [0.1, 0.15) is 48.5 Å². The van der Waals surface area contributed by atoms with Crippen LogP contribution in [0, 0.1) is 5.92 Å². The van der Waals surface area contributed by atoms with Crippen LogP contribution in [0.2, 0.25) is 0 Å². The largest absolute Gasteiger partial charge is 0.322 e. The van der Waals surface area contributed by atoms with Gasteiger partial charge in [0.1, 0.15) is 0 Å². The molecular formula is C25H33NSi. The van der Waals surface area contributed by atoms with E-state index in [1.807, 2.05) is 0 Å². The highest BCUT2D eigenvalue weighted by Crippen LogP contribution is 2.40. The zero-order valence-corrected chi connectivity index (χ0v) is 18.9. The van der Waals surface area contributed by atoms with Gasteiger partial charge in [-0.2, -0.15) is 0 Å². The fourth-order valence-corrected chi connectivity index (χ4v) is 10.1. The molecule has 1 nitrogen and oxygen atoms in total. The van der Waals surface area contributed by atoms with Gasteiger partial charge in [0.25, 0.3) is 0 Å². The standard InChI is InChI=1S/C25H33NSi/c1-18-19(2)21(4)24(20(18)3)27(26-25(5,6)7,22-14-10-8-11-15-22)23-16-12-9-13-17-23/h8-17,20,26H,1-7H3. The third-order valence-corrected chi connectivity index (χ3v) is 11.2. The molecule has 0 heterocycles. The monoisotopic (exact) mass is 375 g/mol. The van der Waals surface area contributed by atoms with Crippen LogP contribution in [-0.2, 0) is 0 Å². The minimum Gasteiger partial charge on any atom is -0.322 e. The molecule has 2 aromatic carbocycles. The number of hydrogen-bond acceptors (Lipinski definition) is 1. The zero-order chi connectivity index (χ0) is 19.8. The van der Waals surface area contributed by atoms with E-state index in [0.717, 1.165) is 0 Å². The summed E-state index contributed by atoms with van der Waals surface area (Å²) in [5.41, 5.74) is 4.48. The average Bonchev–Trinajstić information content (AvgIpc) is 2.84. The molecule has 0 bridgehead atoms. The Balaban J connectivity index is 2.39. The summed E-state index contributed by atoms with van der Waals surface area (Å²) in [6.45, 7) is 16.2. The Labute approximate surface area is 166 Å². The van der Waals surface area contributed by atoms with Crippen LogP contribution in [0.25, 0.3) is 0 Å². The molecule has 0 aliphatic heterocycles. The van der Waals surface area contributed by atoms with E-state index in [-0.39, 0.29) is 5.54 Å². The fraction of sp³-hybridized carbons (Fsp3) is 0.360. The maximum atomic E-state index is 4.20. The number of allylic oxidation sites excluding steroid dienone is 4. The van der Waals surface area contributed by atoms with Crippen molar-refractivity contribution in [3.8, 4) is 0 Å². The summed E-state index contributed by atoms with van der Waals surface area (Å²) in [7, 11) is -2.37. The van der Waals surface area contributed by atoms with E-state index < -0.39 is 8.24 Å². The molecule has 3 rings (SSSR count). The molecule has 0 spiro atoms. The smallest absolute Gasteiger partial charge is 0.219 e. The van der Waals surface area contributed by atoms with Gasteiger partial charge in [-0.25, -0.2) is 0 Å². The molecule has 0 saturated heterocycles. The minimum absolute atomic E-state index is 0.00923. The van der Waals surface area contributed by atoms with E-state index in [1.54, 1.807) is 5.20 Å². The first-order valence-electron chi connectivity index (χ1n) is 9.98. The van der Waals surface area contributed by atoms with Crippen LogP contribution in [0.4, 0.5) is 0 Å². The number of benzene rings is 2. The van der Waals surface area contributed by atoms with E-state index in [4.69, 9.17) is 0 Å². The molecule has 0 saturated carbocycles. The van der Waals surface area contributed by atoms with Crippen molar-refractivity contribution in [3.05, 3.63) is 82.6 Å². The molecule has 1 atom stereocenters. The molecule has 2 aromatic rings. The Morgan fingerprint density at radius 2 is 1.19 bits per heavy atom. The van der Waals surface area contributed by atoms with Crippen molar-refractivity contribution >= 4 is 18.6 Å². The van der Waals surface area contributed by atoms with Gasteiger partial charge in [-0.1, -0.05) is 78.7 Å². The number of nitrogens with one attached hydrogen (secondary N) is 1. The highest BCUT2D eigenvalue weighted by molar-refractivity contribution is 7.06. The van der Waals surface area contributed by atoms with E-state index in [9.17, 15) is 0 Å². The molecule has 0 fully saturated rings. The molecular weight excluding hydrogens is 342 g/mol. The van der Waals surface area contributed by atoms with Gasteiger partial charge >= 0.3 is 0 Å². The van der Waals surface area contributed by atoms with Gasteiger partial charge in [0.15, 0.2) is 0 Å². The summed E-state index contributed by atoms with van der Waals surface area (Å²) in [6.07, 6.45) is 0. The van der Waals surface area contributed by atoms with Crippen molar-refractivity contribution in [1.82, 2.24) is 4.98 Å². The molecule has 1 aliphatic rings. The van der Waals surface area contributed by atoms with Crippen molar-refractivity contribution in [1.29, 1.82) is 0 Å². The normalized spacial score (nSPS) is 18.4. The molecule has 2 heteroatoms. The highest BCUT2D eigenvalue weighted by Gasteiger charge is 2.48. The van der Waals surface area contributed by atoms with Crippen molar-refractivity contribution in [2.24, 2.45) is 5.92 Å². The molecule has 1 N–H and O–H groups in total. The Morgan fingerprint density at radius 3 is 1.52 bits per heavy atom. The van der Waals surface area contributed by atoms with Crippen molar-refractivity contribution in [2.75, 3.05) is 0 Å². The first-order valence-corrected chi connectivity index (χ1v) is 12.0. The van der Waals surface area contributed by atoms with Crippen LogP contribution >= 0.6 is 0 Å². The molecule has 0 amide bonds. The lowest BCUT2D eigenvalue weighted by Gasteiger charge is -2.43. The van der Waals surface area contributed by atoms with Gasteiger partial charge in [-0.15, -0.1) is 0 Å². The first-order chi connectivity index (χ1) is 12.7. The predicted molar refractivity (Wildman–Crippen MR) is 121 cm³/mol. The van der Waals surface area contributed by atoms with E-state index in [0.29, 0.717) is 5.92 Å². The van der Waals surface area contributed by atoms with Crippen molar-refractivity contribution in [3.63, 3.8) is 0 Å². The SMILES string of the molecule is CC1=C(C)C(C)C([Si](NC(C)(C)C)(c2ccccc2)c2ccccc2)=C1C. The summed E-state index contributed by atoms with van der Waals surface area (Å²) in [5, 5.41) is 4.49. The van der Waals surface area contributed by atoms with Gasteiger partial charge < -0.3 is 4.98 Å². The highest BCUT2D eigenvalue weighted by atomic mass is 28.3. The minimum atomic E-state index is -2.37.